The fourth-order valence-electron chi connectivity index (χ4n) is 4.53. The van der Waals surface area contributed by atoms with Gasteiger partial charge in [-0.1, -0.05) is 23.7 Å². The van der Waals surface area contributed by atoms with E-state index in [9.17, 15) is 9.18 Å². The predicted molar refractivity (Wildman–Crippen MR) is 145 cm³/mol. The number of carbonyl (C=O) groups is 1. The van der Waals surface area contributed by atoms with Gasteiger partial charge in [-0.25, -0.2) is 4.39 Å². The second-order valence-corrected chi connectivity index (χ2v) is 9.73. The van der Waals surface area contributed by atoms with Gasteiger partial charge >= 0.3 is 0 Å². The topological polar surface area (TPSA) is 79.6 Å². The van der Waals surface area contributed by atoms with Crippen molar-refractivity contribution in [2.45, 2.75) is 19.5 Å². The molecule has 0 N–H and O–H groups in total. The average Bonchev–Trinajstić information content (AvgIpc) is 3.32. The maximum Gasteiger partial charge on any atom is 0.247 e. The average molecular weight is 542 g/mol. The van der Waals surface area contributed by atoms with E-state index in [2.05, 4.69) is 31.8 Å². The molecule has 1 saturated heterocycles. The number of tetrazole rings is 1. The van der Waals surface area contributed by atoms with Gasteiger partial charge in [0.1, 0.15) is 19.0 Å². The molecule has 0 unspecified atom stereocenters. The van der Waals surface area contributed by atoms with Crippen LogP contribution in [0.25, 0.3) is 6.08 Å². The third-order valence-corrected chi connectivity index (χ3v) is 6.76. The minimum absolute atomic E-state index is 0.0724. The number of aromatic nitrogens is 4. The fraction of sp³-hybridized carbons (Fsp3) is 0.407. The van der Waals surface area contributed by atoms with E-state index < -0.39 is 6.67 Å². The Bertz CT molecular complexity index is 1240. The molecule has 2 aliphatic rings. The number of carbonyl (C=O) groups excluding carboxylic acids is 1. The molecule has 11 heteroatoms. The van der Waals surface area contributed by atoms with Gasteiger partial charge in [-0.15, -0.1) is 16.8 Å². The largest absolute Gasteiger partial charge is 0.493 e. The smallest absolute Gasteiger partial charge is 0.247 e. The summed E-state index contributed by atoms with van der Waals surface area (Å²) in [5.41, 5.74) is 2.90. The highest BCUT2D eigenvalue weighted by Crippen LogP contribution is 2.21. The number of hydrogen-bond donors (Lipinski definition) is 0. The Balaban J connectivity index is 1.38. The Morgan fingerprint density at radius 2 is 2.13 bits per heavy atom. The standard InChI is InChI=1S/C27H33ClFN7O2/c1-4-24-17-34(18-25-8-9-26(19-33(25)3)38-14-11-29)12-13-35(24)27(37)10-6-21-5-7-23(28)15-22(21)16-36-31-20(2)30-32-36/h4-10,15,24H,1,11-14,16-19H2,2-3H3/b10-6+/t24-/m1/s1. The summed E-state index contributed by atoms with van der Waals surface area (Å²) < 4.78 is 17.8. The molecule has 1 amide bonds. The third kappa shape index (κ3) is 7.08. The summed E-state index contributed by atoms with van der Waals surface area (Å²) in [6, 6.07) is 5.41. The number of piperazine rings is 1. The molecule has 9 nitrogen and oxygen atoms in total. The monoisotopic (exact) mass is 541 g/mol. The molecule has 0 bridgehead atoms. The molecule has 0 radical (unpaired) electrons. The Morgan fingerprint density at radius 1 is 1.29 bits per heavy atom. The van der Waals surface area contributed by atoms with Crippen LogP contribution in [-0.2, 0) is 16.1 Å². The zero-order valence-corrected chi connectivity index (χ0v) is 22.5. The lowest BCUT2D eigenvalue weighted by Crippen LogP contribution is -2.54. The first-order chi connectivity index (χ1) is 18.4. The number of benzene rings is 1. The lowest BCUT2D eigenvalue weighted by atomic mass is 10.1. The van der Waals surface area contributed by atoms with Crippen molar-refractivity contribution in [1.29, 1.82) is 0 Å². The van der Waals surface area contributed by atoms with Crippen molar-refractivity contribution in [3.05, 3.63) is 82.5 Å². The fourth-order valence-corrected chi connectivity index (χ4v) is 4.73. The van der Waals surface area contributed by atoms with Gasteiger partial charge in [0.15, 0.2) is 5.82 Å². The van der Waals surface area contributed by atoms with Crippen LogP contribution in [0, 0.1) is 6.92 Å². The van der Waals surface area contributed by atoms with Crippen LogP contribution in [0.1, 0.15) is 17.0 Å². The minimum Gasteiger partial charge on any atom is -0.493 e. The minimum atomic E-state index is -0.500. The summed E-state index contributed by atoms with van der Waals surface area (Å²) in [5.74, 6) is 1.28. The number of aryl methyl sites for hydroxylation is 1. The zero-order valence-electron chi connectivity index (χ0n) is 21.8. The van der Waals surface area contributed by atoms with Crippen LogP contribution in [0.5, 0.6) is 0 Å². The molecular formula is C27H33ClFN7O2. The normalized spacial score (nSPS) is 18.5. The van der Waals surface area contributed by atoms with Gasteiger partial charge in [0, 0.05) is 50.0 Å². The Morgan fingerprint density at radius 3 is 2.84 bits per heavy atom. The molecule has 0 aliphatic carbocycles. The molecular weight excluding hydrogens is 509 g/mol. The molecule has 38 heavy (non-hydrogen) atoms. The van der Waals surface area contributed by atoms with Crippen molar-refractivity contribution in [3.8, 4) is 0 Å². The summed E-state index contributed by atoms with van der Waals surface area (Å²) in [5, 5.41) is 12.8. The van der Waals surface area contributed by atoms with Crippen LogP contribution >= 0.6 is 11.6 Å². The first-order valence-electron chi connectivity index (χ1n) is 12.5. The van der Waals surface area contributed by atoms with E-state index in [-0.39, 0.29) is 18.6 Å². The van der Waals surface area contributed by atoms with Gasteiger partial charge in [-0.3, -0.25) is 9.69 Å². The number of allylic oxidation sites excluding steroid dienone is 2. The number of rotatable bonds is 10. The predicted octanol–water partition coefficient (Wildman–Crippen LogP) is 3.09. The number of likely N-dealkylation sites (N-methyl/N-ethyl adjacent to an activating group) is 1. The van der Waals surface area contributed by atoms with Crippen LogP contribution in [0.4, 0.5) is 4.39 Å². The second kappa shape index (κ2) is 12.8. The highest BCUT2D eigenvalue weighted by atomic mass is 35.5. The second-order valence-electron chi connectivity index (χ2n) is 9.30. The van der Waals surface area contributed by atoms with Crippen molar-refractivity contribution >= 4 is 23.6 Å². The van der Waals surface area contributed by atoms with E-state index in [0.29, 0.717) is 37.0 Å². The summed E-state index contributed by atoms with van der Waals surface area (Å²) in [6.07, 6.45) is 9.15. The van der Waals surface area contributed by atoms with Gasteiger partial charge in [-0.2, -0.15) is 4.80 Å². The van der Waals surface area contributed by atoms with Crippen LogP contribution in [0.2, 0.25) is 5.02 Å². The van der Waals surface area contributed by atoms with Gasteiger partial charge < -0.3 is 14.5 Å². The number of nitrogens with zero attached hydrogens (tertiary/aromatic N) is 7. The summed E-state index contributed by atoms with van der Waals surface area (Å²) in [7, 11) is 2.00. The highest BCUT2D eigenvalue weighted by Gasteiger charge is 2.28. The molecule has 202 valence electrons. The molecule has 2 aliphatic heterocycles. The van der Waals surface area contributed by atoms with Crippen LogP contribution in [0.15, 0.2) is 60.5 Å². The van der Waals surface area contributed by atoms with Crippen LogP contribution in [-0.4, -0.2) is 99.9 Å². The maximum atomic E-state index is 13.2. The summed E-state index contributed by atoms with van der Waals surface area (Å²) in [4.78, 5) is 21.0. The molecule has 1 atom stereocenters. The highest BCUT2D eigenvalue weighted by molar-refractivity contribution is 6.30. The molecule has 4 rings (SSSR count). The SMILES string of the molecule is C=C[C@@H]1CN(CC2=CC=C(OCCF)CN2C)CCN1C(=O)/C=C/c1ccc(Cl)cc1Cn1nnc(C)n1. The van der Waals surface area contributed by atoms with Crippen LogP contribution in [0.3, 0.4) is 0 Å². The molecule has 1 fully saturated rings. The van der Waals surface area contributed by atoms with E-state index >= 15 is 0 Å². The van der Waals surface area contributed by atoms with E-state index in [0.717, 1.165) is 35.7 Å². The number of alkyl halides is 1. The lowest BCUT2D eigenvalue weighted by Gasteiger charge is -2.41. The quantitative estimate of drug-likeness (QED) is 0.338. The van der Waals surface area contributed by atoms with E-state index in [1.807, 2.05) is 42.3 Å². The van der Waals surface area contributed by atoms with Gasteiger partial charge in [0.2, 0.25) is 5.91 Å². The van der Waals surface area contributed by atoms with Gasteiger partial charge in [0.05, 0.1) is 19.1 Å². The Labute approximate surface area is 227 Å². The molecule has 2 aromatic rings. The molecule has 0 spiro atoms. The summed E-state index contributed by atoms with van der Waals surface area (Å²) >= 11 is 6.22. The van der Waals surface area contributed by atoms with Crippen molar-refractivity contribution in [1.82, 2.24) is 34.9 Å². The molecule has 1 aromatic heterocycles. The molecule has 1 aromatic carbocycles. The molecule has 0 saturated carbocycles. The Kier molecular flexibility index (Phi) is 9.30. The van der Waals surface area contributed by atoms with E-state index in [1.165, 1.54) is 4.80 Å². The number of halogens is 2. The first-order valence-corrected chi connectivity index (χ1v) is 12.9. The lowest BCUT2D eigenvalue weighted by molar-refractivity contribution is -0.129. The van der Waals surface area contributed by atoms with E-state index in [1.54, 1.807) is 25.1 Å². The van der Waals surface area contributed by atoms with Crippen molar-refractivity contribution in [2.24, 2.45) is 0 Å². The number of ether oxygens (including phenoxy) is 1. The van der Waals surface area contributed by atoms with Crippen molar-refractivity contribution in [3.63, 3.8) is 0 Å². The van der Waals surface area contributed by atoms with E-state index in [4.69, 9.17) is 16.3 Å². The number of amides is 1. The van der Waals surface area contributed by atoms with Crippen molar-refractivity contribution < 1.29 is 13.9 Å². The van der Waals surface area contributed by atoms with Gasteiger partial charge in [0.25, 0.3) is 0 Å². The molecule has 3 heterocycles. The van der Waals surface area contributed by atoms with Crippen molar-refractivity contribution in [2.75, 3.05) is 53.1 Å². The third-order valence-electron chi connectivity index (χ3n) is 6.53. The summed E-state index contributed by atoms with van der Waals surface area (Å²) in [6.45, 7) is 9.10. The Hall–Kier alpha value is -3.50. The van der Waals surface area contributed by atoms with Gasteiger partial charge in [-0.05, 0) is 53.6 Å². The zero-order chi connectivity index (χ0) is 27.1. The maximum absolute atomic E-state index is 13.2. The number of hydrogen-bond acceptors (Lipinski definition) is 7. The first kappa shape index (κ1) is 27.5. The van der Waals surface area contributed by atoms with Crippen LogP contribution < -0.4 is 0 Å².